The molecule has 0 radical (unpaired) electrons. The van der Waals surface area contributed by atoms with E-state index in [1.165, 1.54) is 4.70 Å². The number of carbonyl (C=O) groups excluding carboxylic acids is 1. The second-order valence-electron chi connectivity index (χ2n) is 6.74. The van der Waals surface area contributed by atoms with Gasteiger partial charge in [-0.05, 0) is 55.8 Å². The Labute approximate surface area is 162 Å². The van der Waals surface area contributed by atoms with Crippen LogP contribution in [0.3, 0.4) is 0 Å². The highest BCUT2D eigenvalue weighted by Crippen LogP contribution is 2.35. The molecule has 6 heteroatoms. The van der Waals surface area contributed by atoms with Gasteiger partial charge in [0.25, 0.3) is 0 Å². The first kappa shape index (κ1) is 17.7. The van der Waals surface area contributed by atoms with Crippen LogP contribution in [-0.4, -0.2) is 28.9 Å². The lowest BCUT2D eigenvalue weighted by atomic mass is 10.0. The van der Waals surface area contributed by atoms with E-state index in [4.69, 9.17) is 10.2 Å². The summed E-state index contributed by atoms with van der Waals surface area (Å²) in [6.07, 6.45) is 3.30. The highest BCUT2D eigenvalue weighted by atomic mass is 32.1. The molecule has 27 heavy (non-hydrogen) atoms. The molecule has 0 saturated carbocycles. The maximum absolute atomic E-state index is 12.5. The summed E-state index contributed by atoms with van der Waals surface area (Å²) in [5, 5.41) is 12.9. The third kappa shape index (κ3) is 4.00. The number of hydrogen-bond acceptors (Lipinski definition) is 5. The van der Waals surface area contributed by atoms with Gasteiger partial charge in [0.05, 0.1) is 34.4 Å². The first-order valence-electron chi connectivity index (χ1n) is 9.12. The van der Waals surface area contributed by atoms with Crippen molar-refractivity contribution >= 4 is 33.1 Å². The van der Waals surface area contributed by atoms with Crippen LogP contribution < -0.4 is 5.32 Å². The number of likely N-dealkylation sites (tertiary alicyclic amines) is 1. The number of fused-ring (bicyclic) bond motifs is 1. The standard InChI is InChI=1S/C21H20N4OS/c22-13-15-8-10-16(11-9-15)23-20(26)14-25-12-4-3-6-18(25)21-24-17-5-1-2-7-19(17)27-21/h1-2,5,7-11,18H,3-4,6,12,14H2,(H,23,26)/t18-/m0/s1. The lowest BCUT2D eigenvalue weighted by Crippen LogP contribution is -2.39. The van der Waals surface area contributed by atoms with Crippen molar-refractivity contribution in [3.63, 3.8) is 0 Å². The molecule has 1 atom stereocenters. The molecular formula is C21H20N4OS. The van der Waals surface area contributed by atoms with Crippen molar-refractivity contribution in [2.75, 3.05) is 18.4 Å². The molecule has 1 fully saturated rings. The zero-order valence-electron chi connectivity index (χ0n) is 14.9. The second kappa shape index (κ2) is 7.87. The molecule has 3 aromatic rings. The molecule has 0 aliphatic carbocycles. The van der Waals surface area contributed by atoms with Gasteiger partial charge in [-0.1, -0.05) is 18.6 Å². The predicted molar refractivity (Wildman–Crippen MR) is 108 cm³/mol. The minimum absolute atomic E-state index is 0.0345. The Morgan fingerprint density at radius 3 is 2.81 bits per heavy atom. The molecule has 1 aromatic heterocycles. The molecule has 1 aliphatic heterocycles. The molecule has 0 unspecified atom stereocenters. The number of amides is 1. The summed E-state index contributed by atoms with van der Waals surface area (Å²) >= 11 is 1.73. The SMILES string of the molecule is N#Cc1ccc(NC(=O)CN2CCCC[C@H]2c2nc3ccccc3s2)cc1. The first-order chi connectivity index (χ1) is 13.2. The van der Waals surface area contributed by atoms with E-state index in [0.29, 0.717) is 17.8 Å². The number of anilines is 1. The van der Waals surface area contributed by atoms with E-state index in [-0.39, 0.29) is 11.9 Å². The van der Waals surface area contributed by atoms with Gasteiger partial charge in [0.15, 0.2) is 0 Å². The monoisotopic (exact) mass is 376 g/mol. The maximum Gasteiger partial charge on any atom is 0.238 e. The number of rotatable bonds is 4. The number of benzene rings is 2. The summed E-state index contributed by atoms with van der Waals surface area (Å²) in [6, 6.07) is 17.4. The number of para-hydroxylation sites is 1. The molecule has 2 aromatic carbocycles. The van der Waals surface area contributed by atoms with Crippen molar-refractivity contribution in [3.8, 4) is 6.07 Å². The number of thiazole rings is 1. The first-order valence-corrected chi connectivity index (χ1v) is 9.94. The van der Waals surface area contributed by atoms with Crippen molar-refractivity contribution in [2.45, 2.75) is 25.3 Å². The van der Waals surface area contributed by atoms with E-state index in [1.54, 1.807) is 35.6 Å². The van der Waals surface area contributed by atoms with Gasteiger partial charge in [-0.15, -0.1) is 11.3 Å². The van der Waals surface area contributed by atoms with Gasteiger partial charge in [0.1, 0.15) is 5.01 Å². The number of nitrogens with one attached hydrogen (secondary N) is 1. The number of nitrogens with zero attached hydrogens (tertiary/aromatic N) is 3. The van der Waals surface area contributed by atoms with E-state index in [1.807, 2.05) is 18.2 Å². The molecule has 2 heterocycles. The average molecular weight is 376 g/mol. The van der Waals surface area contributed by atoms with E-state index >= 15 is 0 Å². The molecule has 136 valence electrons. The normalized spacial score (nSPS) is 17.5. The van der Waals surface area contributed by atoms with Crippen LogP contribution in [0.15, 0.2) is 48.5 Å². The Balaban J connectivity index is 1.47. The highest BCUT2D eigenvalue weighted by molar-refractivity contribution is 7.18. The van der Waals surface area contributed by atoms with Crippen molar-refractivity contribution in [1.29, 1.82) is 5.26 Å². The molecule has 1 saturated heterocycles. The van der Waals surface area contributed by atoms with Crippen LogP contribution in [0.5, 0.6) is 0 Å². The lowest BCUT2D eigenvalue weighted by Gasteiger charge is -2.33. The zero-order valence-corrected chi connectivity index (χ0v) is 15.7. The Hall–Kier alpha value is -2.75. The maximum atomic E-state index is 12.5. The van der Waals surface area contributed by atoms with Crippen molar-refractivity contribution in [3.05, 3.63) is 59.1 Å². The molecule has 5 nitrogen and oxygen atoms in total. The summed E-state index contributed by atoms with van der Waals surface area (Å²) in [5.41, 5.74) is 2.33. The van der Waals surface area contributed by atoms with Crippen LogP contribution >= 0.6 is 11.3 Å². The average Bonchev–Trinajstić information content (AvgIpc) is 3.13. The smallest absolute Gasteiger partial charge is 0.238 e. The Morgan fingerprint density at radius 2 is 2.04 bits per heavy atom. The number of nitriles is 1. The van der Waals surface area contributed by atoms with Crippen molar-refractivity contribution in [1.82, 2.24) is 9.88 Å². The van der Waals surface area contributed by atoms with Gasteiger partial charge in [-0.25, -0.2) is 4.98 Å². The van der Waals surface area contributed by atoms with E-state index in [0.717, 1.165) is 36.3 Å². The minimum Gasteiger partial charge on any atom is -0.325 e. The molecule has 1 aliphatic rings. The highest BCUT2D eigenvalue weighted by Gasteiger charge is 2.28. The molecule has 0 bridgehead atoms. The van der Waals surface area contributed by atoms with Crippen molar-refractivity contribution in [2.24, 2.45) is 0 Å². The Kier molecular flexibility index (Phi) is 5.14. The van der Waals surface area contributed by atoms with Crippen LogP contribution in [-0.2, 0) is 4.79 Å². The van der Waals surface area contributed by atoms with Crippen LogP contribution in [0, 0.1) is 11.3 Å². The number of piperidine rings is 1. The van der Waals surface area contributed by atoms with Crippen LogP contribution in [0.1, 0.15) is 35.9 Å². The van der Waals surface area contributed by atoms with Crippen molar-refractivity contribution < 1.29 is 4.79 Å². The van der Waals surface area contributed by atoms with Crippen LogP contribution in [0.25, 0.3) is 10.2 Å². The molecule has 1 amide bonds. The van der Waals surface area contributed by atoms with E-state index in [2.05, 4.69) is 22.4 Å². The third-order valence-electron chi connectivity index (χ3n) is 4.85. The number of hydrogen-bond donors (Lipinski definition) is 1. The molecule has 4 rings (SSSR count). The zero-order chi connectivity index (χ0) is 18.6. The quantitative estimate of drug-likeness (QED) is 0.736. The van der Waals surface area contributed by atoms with Gasteiger partial charge < -0.3 is 5.32 Å². The van der Waals surface area contributed by atoms with Crippen LogP contribution in [0.2, 0.25) is 0 Å². The fourth-order valence-corrected chi connectivity index (χ4v) is 4.64. The van der Waals surface area contributed by atoms with Crippen LogP contribution in [0.4, 0.5) is 5.69 Å². The predicted octanol–water partition coefficient (Wildman–Crippen LogP) is 4.33. The summed E-state index contributed by atoms with van der Waals surface area (Å²) in [6.45, 7) is 1.25. The fourth-order valence-electron chi connectivity index (χ4n) is 3.51. The van der Waals surface area contributed by atoms with Gasteiger partial charge >= 0.3 is 0 Å². The third-order valence-corrected chi connectivity index (χ3v) is 5.99. The van der Waals surface area contributed by atoms with Gasteiger partial charge in [0.2, 0.25) is 5.91 Å². The summed E-state index contributed by atoms with van der Waals surface area (Å²) < 4.78 is 1.19. The Bertz CT molecular complexity index is 956. The van der Waals surface area contributed by atoms with E-state index < -0.39 is 0 Å². The van der Waals surface area contributed by atoms with E-state index in [9.17, 15) is 4.79 Å². The largest absolute Gasteiger partial charge is 0.325 e. The summed E-state index contributed by atoms with van der Waals surface area (Å²) in [4.78, 5) is 19.6. The number of carbonyl (C=O) groups is 1. The Morgan fingerprint density at radius 1 is 1.22 bits per heavy atom. The topological polar surface area (TPSA) is 69.0 Å². The fraction of sp³-hybridized carbons (Fsp3) is 0.286. The molecular weight excluding hydrogens is 356 g/mol. The second-order valence-corrected chi connectivity index (χ2v) is 7.80. The molecule has 1 N–H and O–H groups in total. The summed E-state index contributed by atoms with van der Waals surface area (Å²) in [7, 11) is 0. The number of aromatic nitrogens is 1. The minimum atomic E-state index is -0.0345. The van der Waals surface area contributed by atoms with Gasteiger partial charge in [-0.3, -0.25) is 9.69 Å². The van der Waals surface area contributed by atoms with Gasteiger partial charge in [0, 0.05) is 5.69 Å². The summed E-state index contributed by atoms with van der Waals surface area (Å²) in [5.74, 6) is -0.0345. The molecule has 0 spiro atoms. The lowest BCUT2D eigenvalue weighted by molar-refractivity contribution is -0.118. The van der Waals surface area contributed by atoms with Gasteiger partial charge in [-0.2, -0.15) is 5.26 Å².